The maximum absolute atomic E-state index is 5.96. The van der Waals surface area contributed by atoms with E-state index in [2.05, 4.69) is 47.7 Å². The zero-order chi connectivity index (χ0) is 17.3. The summed E-state index contributed by atoms with van der Waals surface area (Å²) in [6.45, 7) is 0.553. The summed E-state index contributed by atoms with van der Waals surface area (Å²) < 4.78 is 5.96. The molecule has 0 spiro atoms. The Kier molecular flexibility index (Phi) is 3.64. The summed E-state index contributed by atoms with van der Waals surface area (Å²) in [7, 11) is 0. The molecule has 1 aromatic carbocycles. The molecule has 0 fully saturated rings. The molecule has 3 aromatic heterocycles. The highest BCUT2D eigenvalue weighted by Gasteiger charge is 2.13. The van der Waals surface area contributed by atoms with E-state index < -0.39 is 0 Å². The van der Waals surface area contributed by atoms with Crippen LogP contribution in [0.4, 0.5) is 0 Å². The number of furan rings is 1. The van der Waals surface area contributed by atoms with Crippen LogP contribution in [0.2, 0.25) is 0 Å². The minimum absolute atomic E-state index is 0.553. The predicted molar refractivity (Wildman–Crippen MR) is 99.3 cm³/mol. The first-order valence-electron chi connectivity index (χ1n) is 8.00. The molecule has 0 saturated heterocycles. The van der Waals surface area contributed by atoms with Gasteiger partial charge in [-0.1, -0.05) is 23.9 Å². The molecule has 0 unspecified atom stereocenters. The number of aromatic nitrogens is 4. The van der Waals surface area contributed by atoms with Gasteiger partial charge in [0.15, 0.2) is 11.6 Å². The van der Waals surface area contributed by atoms with Gasteiger partial charge in [0.2, 0.25) is 5.16 Å². The zero-order valence-electron chi connectivity index (χ0n) is 13.5. The number of thioether (sulfide) groups is 1. The standard InChI is InChI=1S/C17H13N7OS/c1-2-11(7-13-10(1)5-6-18-13)14-3-4-15(25-14)16-20-17(23-22-16)26-9-12-8-19-24-21-12/h1-7,18H,8-9H2,(H,20,22,23). The molecule has 1 aliphatic heterocycles. The van der Waals surface area contributed by atoms with Gasteiger partial charge in [-0.2, -0.15) is 10.1 Å². The first-order valence-corrected chi connectivity index (χ1v) is 8.99. The van der Waals surface area contributed by atoms with Crippen LogP contribution in [0.15, 0.2) is 67.6 Å². The Morgan fingerprint density at radius 3 is 3.00 bits per heavy atom. The maximum Gasteiger partial charge on any atom is 0.209 e. The van der Waals surface area contributed by atoms with Gasteiger partial charge in [-0.05, 0) is 34.9 Å². The van der Waals surface area contributed by atoms with Crippen molar-refractivity contribution < 1.29 is 4.42 Å². The average Bonchev–Trinajstić information content (AvgIpc) is 3.47. The van der Waals surface area contributed by atoms with Gasteiger partial charge in [0.25, 0.3) is 0 Å². The van der Waals surface area contributed by atoms with E-state index in [0.717, 1.165) is 22.6 Å². The molecule has 0 bridgehead atoms. The monoisotopic (exact) mass is 363 g/mol. The molecule has 0 saturated carbocycles. The van der Waals surface area contributed by atoms with Crippen molar-refractivity contribution in [3.8, 4) is 22.9 Å². The second-order valence-corrected chi connectivity index (χ2v) is 6.70. The Morgan fingerprint density at radius 2 is 2.08 bits per heavy atom. The number of aromatic amines is 2. The smallest absolute Gasteiger partial charge is 0.209 e. The predicted octanol–water partition coefficient (Wildman–Crippen LogP) is 4.13. The van der Waals surface area contributed by atoms with Crippen molar-refractivity contribution in [1.82, 2.24) is 20.2 Å². The summed E-state index contributed by atoms with van der Waals surface area (Å²) in [6.07, 6.45) is 1.93. The van der Waals surface area contributed by atoms with Crippen LogP contribution in [-0.2, 0) is 0 Å². The van der Waals surface area contributed by atoms with Crippen molar-refractivity contribution in [2.75, 3.05) is 12.3 Å². The van der Waals surface area contributed by atoms with Crippen molar-refractivity contribution in [3.63, 3.8) is 0 Å². The molecule has 8 nitrogen and oxygen atoms in total. The van der Waals surface area contributed by atoms with Crippen LogP contribution in [0, 0.1) is 0 Å². The molecule has 2 N–H and O–H groups in total. The van der Waals surface area contributed by atoms with Gasteiger partial charge >= 0.3 is 0 Å². The van der Waals surface area contributed by atoms with Gasteiger partial charge in [-0.3, -0.25) is 5.10 Å². The van der Waals surface area contributed by atoms with Crippen LogP contribution in [0.5, 0.6) is 0 Å². The number of benzene rings is 1. The van der Waals surface area contributed by atoms with E-state index in [1.807, 2.05) is 30.5 Å². The van der Waals surface area contributed by atoms with Crippen LogP contribution in [0.25, 0.3) is 33.8 Å². The molecule has 0 atom stereocenters. The summed E-state index contributed by atoms with van der Waals surface area (Å²) in [5.74, 6) is 2.70. The number of hydrogen-bond donors (Lipinski definition) is 2. The molecular formula is C17H13N7OS. The van der Waals surface area contributed by atoms with Gasteiger partial charge in [0.05, 0.1) is 5.71 Å². The van der Waals surface area contributed by atoms with Crippen LogP contribution < -0.4 is 0 Å². The van der Waals surface area contributed by atoms with E-state index in [4.69, 9.17) is 4.42 Å². The zero-order valence-corrected chi connectivity index (χ0v) is 14.3. The summed E-state index contributed by atoms with van der Waals surface area (Å²) in [5, 5.41) is 20.3. The summed E-state index contributed by atoms with van der Waals surface area (Å²) in [6, 6.07) is 12.0. The Balaban J connectivity index is 1.34. The lowest BCUT2D eigenvalue weighted by atomic mass is 10.1. The topological polar surface area (TPSA) is 108 Å². The highest BCUT2D eigenvalue weighted by molar-refractivity contribution is 7.99. The van der Waals surface area contributed by atoms with Crippen LogP contribution >= 0.6 is 11.8 Å². The SMILES string of the molecule is c1cc2ccc(-c3ccc(-c4nc(SCC5=NN=NC5)n[nH]4)o3)cc2[nH]1. The lowest BCUT2D eigenvalue weighted by Crippen LogP contribution is -2.02. The quantitative estimate of drug-likeness (QED) is 0.520. The van der Waals surface area contributed by atoms with Crippen LogP contribution in [0.3, 0.4) is 0 Å². The molecule has 0 radical (unpaired) electrons. The van der Waals surface area contributed by atoms with Crippen molar-refractivity contribution in [3.05, 3.63) is 42.6 Å². The molecule has 26 heavy (non-hydrogen) atoms. The number of hydrogen-bond acceptors (Lipinski definition) is 7. The Bertz CT molecular complexity index is 1140. The fourth-order valence-electron chi connectivity index (χ4n) is 2.70. The van der Waals surface area contributed by atoms with Gasteiger partial charge in [0, 0.05) is 23.0 Å². The number of nitrogens with one attached hydrogen (secondary N) is 2. The number of nitrogens with zero attached hydrogens (tertiary/aromatic N) is 5. The molecule has 5 rings (SSSR count). The molecular weight excluding hydrogens is 350 g/mol. The van der Waals surface area contributed by atoms with Crippen molar-refractivity contribution in [1.29, 1.82) is 0 Å². The van der Waals surface area contributed by atoms with Gasteiger partial charge < -0.3 is 9.40 Å². The number of H-pyrrole nitrogens is 2. The maximum atomic E-state index is 5.96. The number of fused-ring (bicyclic) bond motifs is 1. The van der Waals surface area contributed by atoms with E-state index in [1.165, 1.54) is 17.1 Å². The molecule has 4 heterocycles. The third-order valence-corrected chi connectivity index (χ3v) is 4.93. The highest BCUT2D eigenvalue weighted by atomic mass is 32.2. The van der Waals surface area contributed by atoms with Crippen molar-refractivity contribution in [2.24, 2.45) is 15.4 Å². The fourth-order valence-corrected chi connectivity index (χ4v) is 3.42. The van der Waals surface area contributed by atoms with E-state index in [0.29, 0.717) is 29.0 Å². The summed E-state index contributed by atoms with van der Waals surface area (Å²) >= 11 is 1.49. The molecule has 9 heteroatoms. The van der Waals surface area contributed by atoms with Crippen LogP contribution in [-0.4, -0.2) is 38.2 Å². The van der Waals surface area contributed by atoms with E-state index >= 15 is 0 Å². The van der Waals surface area contributed by atoms with Gasteiger partial charge in [-0.15, -0.1) is 10.2 Å². The second-order valence-electron chi connectivity index (χ2n) is 5.75. The Morgan fingerprint density at radius 1 is 1.12 bits per heavy atom. The molecule has 4 aromatic rings. The highest BCUT2D eigenvalue weighted by Crippen LogP contribution is 2.29. The molecule has 0 aliphatic carbocycles. The third-order valence-electron chi connectivity index (χ3n) is 4.01. The van der Waals surface area contributed by atoms with Crippen molar-refractivity contribution >= 4 is 28.4 Å². The summed E-state index contributed by atoms with van der Waals surface area (Å²) in [4.78, 5) is 7.68. The minimum Gasteiger partial charge on any atom is -0.453 e. The second kappa shape index (κ2) is 6.26. The normalized spacial score (nSPS) is 13.6. The van der Waals surface area contributed by atoms with Gasteiger partial charge in [-0.25, -0.2) is 0 Å². The van der Waals surface area contributed by atoms with E-state index in [-0.39, 0.29) is 0 Å². The van der Waals surface area contributed by atoms with E-state index in [1.54, 1.807) is 0 Å². The minimum atomic E-state index is 0.553. The van der Waals surface area contributed by atoms with Crippen LogP contribution in [0.1, 0.15) is 0 Å². The Labute approximate surface area is 151 Å². The molecule has 128 valence electrons. The van der Waals surface area contributed by atoms with E-state index in [9.17, 15) is 0 Å². The first kappa shape index (κ1) is 15.1. The first-order chi connectivity index (χ1) is 12.8. The van der Waals surface area contributed by atoms with Crippen molar-refractivity contribution in [2.45, 2.75) is 5.16 Å². The fraction of sp³-hybridized carbons (Fsp3) is 0.118. The lowest BCUT2D eigenvalue weighted by molar-refractivity contribution is 0.592. The van der Waals surface area contributed by atoms with Gasteiger partial charge in [0.1, 0.15) is 12.3 Å². The molecule has 1 aliphatic rings. The summed E-state index contributed by atoms with van der Waals surface area (Å²) in [5.41, 5.74) is 3.00. The lowest BCUT2D eigenvalue weighted by Gasteiger charge is -1.97. The largest absolute Gasteiger partial charge is 0.453 e. The molecule has 0 amide bonds. The Hall–Kier alpha value is -3.20. The number of rotatable bonds is 5. The average molecular weight is 363 g/mol. The third kappa shape index (κ3) is 2.82.